The summed E-state index contributed by atoms with van der Waals surface area (Å²) in [6.07, 6.45) is -0.355. The van der Waals surface area contributed by atoms with Gasteiger partial charge < -0.3 is 4.74 Å². The number of benzene rings is 2. The average molecular weight is 435 g/mol. The number of amides is 1. The van der Waals surface area contributed by atoms with E-state index in [9.17, 15) is 13.2 Å². The monoisotopic (exact) mass is 434 g/mol. The van der Waals surface area contributed by atoms with Gasteiger partial charge in [-0.25, -0.2) is 13.2 Å². The van der Waals surface area contributed by atoms with E-state index >= 15 is 0 Å². The van der Waals surface area contributed by atoms with Gasteiger partial charge in [-0.05, 0) is 48.5 Å². The van der Waals surface area contributed by atoms with Crippen molar-refractivity contribution in [1.29, 1.82) is 0 Å². The fraction of sp³-hybridized carbons (Fsp3) is 0.167. The quantitative estimate of drug-likeness (QED) is 0.750. The van der Waals surface area contributed by atoms with E-state index in [-0.39, 0.29) is 17.5 Å². The van der Waals surface area contributed by atoms with Crippen LogP contribution >= 0.6 is 15.9 Å². The number of nitrogens with zero attached hydrogens (tertiary/aromatic N) is 1. The van der Waals surface area contributed by atoms with Gasteiger partial charge in [0.25, 0.3) is 0 Å². The summed E-state index contributed by atoms with van der Waals surface area (Å²) < 4.78 is 32.4. The third kappa shape index (κ3) is 4.43. The summed E-state index contributed by atoms with van der Waals surface area (Å²) in [6, 6.07) is 13.5. The lowest BCUT2D eigenvalue weighted by molar-refractivity contribution is 0.181. The molecule has 6 nitrogen and oxygen atoms in total. The van der Waals surface area contributed by atoms with Crippen LogP contribution in [0.3, 0.4) is 0 Å². The molecule has 1 saturated heterocycles. The first kappa shape index (κ1) is 18.5. The zero-order valence-corrected chi connectivity index (χ0v) is 16.0. The number of cyclic esters (lactones) is 1. The number of ether oxygens (including phenoxy) is 1. The van der Waals surface area contributed by atoms with Crippen molar-refractivity contribution in [1.82, 2.24) is 4.72 Å². The maximum Gasteiger partial charge on any atom is 0.414 e. The molecule has 0 aliphatic carbocycles. The van der Waals surface area contributed by atoms with E-state index in [1.165, 1.54) is 12.1 Å². The predicted octanol–water partition coefficient (Wildman–Crippen LogP) is 2.74. The first-order chi connectivity index (χ1) is 12.5. The third-order valence-electron chi connectivity index (χ3n) is 3.65. The first-order valence-electron chi connectivity index (χ1n) is 7.74. The van der Waals surface area contributed by atoms with Crippen molar-refractivity contribution in [3.8, 4) is 11.8 Å². The molecular weight excluding hydrogens is 420 g/mol. The SMILES string of the molecule is O=C1OCCN1c1ccc(C#CCNS(=O)(=O)c2ccc(Br)cc2)cc1. The lowest BCUT2D eigenvalue weighted by Gasteiger charge is -2.11. The molecule has 1 aliphatic heterocycles. The number of halogens is 1. The number of carbonyl (C=O) groups is 1. The molecule has 1 N–H and O–H groups in total. The smallest absolute Gasteiger partial charge is 0.414 e. The minimum absolute atomic E-state index is 0.00139. The number of anilines is 1. The summed E-state index contributed by atoms with van der Waals surface area (Å²) in [4.78, 5) is 13.2. The highest BCUT2D eigenvalue weighted by molar-refractivity contribution is 9.10. The molecule has 1 aliphatic rings. The van der Waals surface area contributed by atoms with Gasteiger partial charge in [0, 0.05) is 15.7 Å². The highest BCUT2D eigenvalue weighted by atomic mass is 79.9. The molecular formula is C18H15BrN2O4S. The average Bonchev–Trinajstić information content (AvgIpc) is 3.06. The van der Waals surface area contributed by atoms with Gasteiger partial charge in [0.15, 0.2) is 0 Å². The van der Waals surface area contributed by atoms with Crippen LogP contribution < -0.4 is 9.62 Å². The predicted molar refractivity (Wildman–Crippen MR) is 101 cm³/mol. The lowest BCUT2D eigenvalue weighted by Crippen LogP contribution is -2.24. The molecule has 134 valence electrons. The summed E-state index contributed by atoms with van der Waals surface area (Å²) in [6.45, 7) is 0.916. The molecule has 2 aromatic rings. The number of rotatable bonds is 4. The fourth-order valence-corrected chi connectivity index (χ4v) is 3.51. The molecule has 0 radical (unpaired) electrons. The summed E-state index contributed by atoms with van der Waals surface area (Å²) in [5.41, 5.74) is 1.47. The normalized spacial score (nSPS) is 13.9. The van der Waals surface area contributed by atoms with Crippen molar-refractivity contribution in [2.24, 2.45) is 0 Å². The van der Waals surface area contributed by atoms with Crippen molar-refractivity contribution in [2.75, 3.05) is 24.6 Å². The number of hydrogen-bond acceptors (Lipinski definition) is 4. The van der Waals surface area contributed by atoms with Crippen LogP contribution in [0.2, 0.25) is 0 Å². The van der Waals surface area contributed by atoms with Gasteiger partial charge in [0.2, 0.25) is 10.0 Å². The molecule has 0 bridgehead atoms. The molecule has 1 fully saturated rings. The highest BCUT2D eigenvalue weighted by Gasteiger charge is 2.23. The van der Waals surface area contributed by atoms with Crippen LogP contribution in [0, 0.1) is 11.8 Å². The molecule has 8 heteroatoms. The van der Waals surface area contributed by atoms with E-state index in [4.69, 9.17) is 4.74 Å². The van der Waals surface area contributed by atoms with Crippen molar-refractivity contribution in [2.45, 2.75) is 4.90 Å². The molecule has 1 amide bonds. The van der Waals surface area contributed by atoms with E-state index in [0.717, 1.165) is 15.7 Å². The van der Waals surface area contributed by atoms with Gasteiger partial charge in [-0.3, -0.25) is 4.90 Å². The molecule has 26 heavy (non-hydrogen) atoms. The summed E-state index contributed by atoms with van der Waals surface area (Å²) in [5.74, 6) is 5.67. The minimum atomic E-state index is -3.59. The van der Waals surface area contributed by atoms with Crippen molar-refractivity contribution < 1.29 is 17.9 Å². The van der Waals surface area contributed by atoms with Gasteiger partial charge in [-0.1, -0.05) is 27.8 Å². The van der Waals surface area contributed by atoms with Gasteiger partial charge in [-0.2, -0.15) is 4.72 Å². The van der Waals surface area contributed by atoms with E-state index in [2.05, 4.69) is 32.5 Å². The molecule has 0 unspecified atom stereocenters. The Hall–Kier alpha value is -2.34. The Morgan fingerprint density at radius 1 is 1.12 bits per heavy atom. The second-order valence-corrected chi connectivity index (χ2v) is 8.08. The van der Waals surface area contributed by atoms with Crippen LogP contribution in [0.25, 0.3) is 0 Å². The first-order valence-corrected chi connectivity index (χ1v) is 10.0. The van der Waals surface area contributed by atoms with Crippen LogP contribution in [-0.4, -0.2) is 34.2 Å². The van der Waals surface area contributed by atoms with Crippen molar-refractivity contribution >= 4 is 37.7 Å². The Balaban J connectivity index is 1.59. The highest BCUT2D eigenvalue weighted by Crippen LogP contribution is 2.19. The summed E-state index contributed by atoms with van der Waals surface area (Å²) in [5, 5.41) is 0. The maximum absolute atomic E-state index is 12.1. The molecule has 0 spiro atoms. The molecule has 2 aromatic carbocycles. The van der Waals surface area contributed by atoms with Gasteiger partial charge in [0.05, 0.1) is 18.0 Å². The van der Waals surface area contributed by atoms with Crippen LogP contribution in [0.5, 0.6) is 0 Å². The van der Waals surface area contributed by atoms with Crippen molar-refractivity contribution in [3.63, 3.8) is 0 Å². The Morgan fingerprint density at radius 2 is 1.81 bits per heavy atom. The lowest BCUT2D eigenvalue weighted by atomic mass is 10.2. The van der Waals surface area contributed by atoms with Gasteiger partial charge >= 0.3 is 6.09 Å². The molecule has 0 aromatic heterocycles. The molecule has 1 heterocycles. The second-order valence-electron chi connectivity index (χ2n) is 5.39. The Kier molecular flexibility index (Phi) is 5.61. The molecule has 0 saturated carbocycles. The van der Waals surface area contributed by atoms with Crippen LogP contribution in [0.1, 0.15) is 5.56 Å². The largest absolute Gasteiger partial charge is 0.447 e. The fourth-order valence-electron chi connectivity index (χ4n) is 2.33. The summed E-state index contributed by atoms with van der Waals surface area (Å²) in [7, 11) is -3.59. The van der Waals surface area contributed by atoms with Crippen LogP contribution in [-0.2, 0) is 14.8 Å². The number of carbonyl (C=O) groups excluding carboxylic acids is 1. The zero-order chi connectivity index (χ0) is 18.6. The number of sulfonamides is 1. The van der Waals surface area contributed by atoms with E-state index < -0.39 is 10.0 Å². The Bertz CT molecular complexity index is 961. The Labute approximate surface area is 160 Å². The van der Waals surface area contributed by atoms with Crippen LogP contribution in [0.15, 0.2) is 57.9 Å². The van der Waals surface area contributed by atoms with E-state index in [1.54, 1.807) is 41.3 Å². The molecule has 3 rings (SSSR count). The van der Waals surface area contributed by atoms with E-state index in [0.29, 0.717) is 13.2 Å². The topological polar surface area (TPSA) is 75.7 Å². The molecule has 0 atom stereocenters. The van der Waals surface area contributed by atoms with Gasteiger partial charge in [-0.15, -0.1) is 0 Å². The maximum atomic E-state index is 12.1. The van der Waals surface area contributed by atoms with Gasteiger partial charge in [0.1, 0.15) is 6.61 Å². The second kappa shape index (κ2) is 7.91. The van der Waals surface area contributed by atoms with Crippen molar-refractivity contribution in [3.05, 3.63) is 58.6 Å². The number of hydrogen-bond donors (Lipinski definition) is 1. The third-order valence-corrected chi connectivity index (χ3v) is 5.59. The minimum Gasteiger partial charge on any atom is -0.447 e. The van der Waals surface area contributed by atoms with E-state index in [1.807, 2.05) is 0 Å². The van der Waals surface area contributed by atoms with Crippen LogP contribution in [0.4, 0.5) is 10.5 Å². The number of nitrogens with one attached hydrogen (secondary N) is 1. The zero-order valence-electron chi connectivity index (χ0n) is 13.6. The Morgan fingerprint density at radius 3 is 2.42 bits per heavy atom. The summed E-state index contributed by atoms with van der Waals surface area (Å²) >= 11 is 3.27. The standard InChI is InChI=1S/C18H15BrN2O4S/c19-15-5-9-17(10-6-15)26(23,24)20-11-1-2-14-3-7-16(8-4-14)21-12-13-25-18(21)22/h3-10,20H,11-13H2.